The number of ether oxygens (including phenoxy) is 1. The van der Waals surface area contributed by atoms with Crippen LogP contribution in [-0.2, 0) is 17.8 Å². The maximum atomic E-state index is 11.1. The van der Waals surface area contributed by atoms with Gasteiger partial charge in [0.2, 0.25) is 0 Å². The molecule has 0 bridgehead atoms. The van der Waals surface area contributed by atoms with E-state index in [1.54, 1.807) is 6.92 Å². The van der Waals surface area contributed by atoms with Gasteiger partial charge in [0.15, 0.2) is 6.10 Å². The molecule has 1 aliphatic rings. The Kier molecular flexibility index (Phi) is 4.11. The zero-order valence-corrected chi connectivity index (χ0v) is 12.6. The molecule has 1 atom stereocenters. The third-order valence-electron chi connectivity index (χ3n) is 4.00. The van der Waals surface area contributed by atoms with Gasteiger partial charge < -0.3 is 15.8 Å². The molecule has 3 rings (SSSR count). The first kappa shape index (κ1) is 14.6. The molecule has 114 valence electrons. The van der Waals surface area contributed by atoms with Crippen molar-refractivity contribution in [2.24, 2.45) is 5.73 Å². The van der Waals surface area contributed by atoms with Crippen LogP contribution in [0.25, 0.3) is 11.1 Å². The molecule has 1 aliphatic heterocycles. The van der Waals surface area contributed by atoms with Crippen LogP contribution in [0.3, 0.4) is 0 Å². The van der Waals surface area contributed by atoms with E-state index in [1.807, 2.05) is 18.2 Å². The van der Waals surface area contributed by atoms with E-state index in [0.717, 1.165) is 25.1 Å². The van der Waals surface area contributed by atoms with Gasteiger partial charge in [-0.25, -0.2) is 0 Å². The summed E-state index contributed by atoms with van der Waals surface area (Å²) >= 11 is 0. The summed E-state index contributed by atoms with van der Waals surface area (Å²) < 4.78 is 5.60. The maximum Gasteiger partial charge on any atom is 0.258 e. The highest BCUT2D eigenvalue weighted by molar-refractivity contribution is 5.79. The lowest BCUT2D eigenvalue weighted by Gasteiger charge is -2.21. The van der Waals surface area contributed by atoms with Gasteiger partial charge in [0.05, 0.1) is 0 Å². The largest absolute Gasteiger partial charge is 0.481 e. The van der Waals surface area contributed by atoms with Crippen LogP contribution in [0.15, 0.2) is 42.5 Å². The Morgan fingerprint density at radius 3 is 2.91 bits per heavy atom. The highest BCUT2D eigenvalue weighted by atomic mass is 16.5. The second-order valence-corrected chi connectivity index (χ2v) is 5.56. The van der Waals surface area contributed by atoms with E-state index in [1.165, 1.54) is 16.7 Å². The maximum absolute atomic E-state index is 11.1. The van der Waals surface area contributed by atoms with Crippen LogP contribution in [0.5, 0.6) is 5.75 Å². The van der Waals surface area contributed by atoms with Gasteiger partial charge >= 0.3 is 0 Å². The molecule has 0 radical (unpaired) electrons. The molecule has 0 saturated heterocycles. The minimum absolute atomic E-state index is 0.464. The fraction of sp³-hybridized carbons (Fsp3) is 0.278. The Morgan fingerprint density at radius 1 is 1.27 bits per heavy atom. The van der Waals surface area contributed by atoms with Crippen molar-refractivity contribution >= 4 is 5.91 Å². The third kappa shape index (κ3) is 2.97. The lowest BCUT2D eigenvalue weighted by atomic mass is 9.91. The molecule has 0 unspecified atom stereocenters. The van der Waals surface area contributed by atoms with Crippen LogP contribution >= 0.6 is 0 Å². The molecule has 2 aromatic carbocycles. The number of benzene rings is 2. The number of carbonyl (C=O) groups is 1. The highest BCUT2D eigenvalue weighted by Gasteiger charge is 2.15. The average molecular weight is 296 g/mol. The summed E-state index contributed by atoms with van der Waals surface area (Å²) in [5, 5.41) is 3.39. The van der Waals surface area contributed by atoms with Crippen molar-refractivity contribution < 1.29 is 9.53 Å². The predicted molar refractivity (Wildman–Crippen MR) is 86.6 cm³/mol. The van der Waals surface area contributed by atoms with Gasteiger partial charge in [0.1, 0.15) is 5.75 Å². The Hall–Kier alpha value is -2.33. The van der Waals surface area contributed by atoms with E-state index >= 15 is 0 Å². The number of hydrogen-bond donors (Lipinski definition) is 2. The number of nitrogens with one attached hydrogen (secondary N) is 1. The van der Waals surface area contributed by atoms with Gasteiger partial charge in [-0.05, 0) is 54.3 Å². The second-order valence-electron chi connectivity index (χ2n) is 5.56. The van der Waals surface area contributed by atoms with Crippen molar-refractivity contribution in [2.75, 3.05) is 6.54 Å². The minimum atomic E-state index is -0.635. The Bertz CT molecular complexity index is 697. The Morgan fingerprint density at radius 2 is 2.09 bits per heavy atom. The van der Waals surface area contributed by atoms with Crippen molar-refractivity contribution in [3.8, 4) is 16.9 Å². The van der Waals surface area contributed by atoms with Crippen LogP contribution in [0.1, 0.15) is 18.1 Å². The van der Waals surface area contributed by atoms with Gasteiger partial charge in [0.25, 0.3) is 5.91 Å². The normalized spacial score (nSPS) is 15.0. The lowest BCUT2D eigenvalue weighted by Crippen LogP contribution is -2.30. The molecule has 0 fully saturated rings. The van der Waals surface area contributed by atoms with Crippen LogP contribution < -0.4 is 15.8 Å². The average Bonchev–Trinajstić information content (AvgIpc) is 2.54. The van der Waals surface area contributed by atoms with Crippen molar-refractivity contribution in [1.82, 2.24) is 5.32 Å². The van der Waals surface area contributed by atoms with Gasteiger partial charge in [-0.2, -0.15) is 0 Å². The molecule has 2 aromatic rings. The summed E-state index contributed by atoms with van der Waals surface area (Å²) in [6.45, 7) is 3.57. The van der Waals surface area contributed by atoms with E-state index in [0.29, 0.717) is 5.75 Å². The molecule has 3 N–H and O–H groups in total. The second kappa shape index (κ2) is 6.20. The number of hydrogen-bond acceptors (Lipinski definition) is 3. The standard InChI is InChI=1S/C18H20N2O2/c1-12(18(19)21)22-15-6-2-4-13(10-15)16-7-3-5-14-11-20-9-8-17(14)16/h2-7,10,12,20H,8-9,11H2,1H3,(H2,19,21)/t12-/m0/s1. The van der Waals surface area contributed by atoms with E-state index in [4.69, 9.17) is 10.5 Å². The molecule has 0 aromatic heterocycles. The minimum Gasteiger partial charge on any atom is -0.481 e. The molecule has 1 amide bonds. The van der Waals surface area contributed by atoms with Crippen LogP contribution in [-0.4, -0.2) is 18.6 Å². The van der Waals surface area contributed by atoms with Gasteiger partial charge in [-0.3, -0.25) is 4.79 Å². The summed E-state index contributed by atoms with van der Waals surface area (Å²) in [5.41, 5.74) is 10.3. The van der Waals surface area contributed by atoms with Crippen molar-refractivity contribution in [1.29, 1.82) is 0 Å². The van der Waals surface area contributed by atoms with E-state index in [-0.39, 0.29) is 0 Å². The highest BCUT2D eigenvalue weighted by Crippen LogP contribution is 2.30. The summed E-state index contributed by atoms with van der Waals surface area (Å²) in [4.78, 5) is 11.1. The molecule has 4 heteroatoms. The number of primary amides is 1. The molecule has 1 heterocycles. The number of rotatable bonds is 4. The van der Waals surface area contributed by atoms with Gasteiger partial charge in [0, 0.05) is 6.54 Å². The smallest absolute Gasteiger partial charge is 0.258 e. The quantitative estimate of drug-likeness (QED) is 0.909. The van der Waals surface area contributed by atoms with E-state index in [9.17, 15) is 4.79 Å². The molecule has 4 nitrogen and oxygen atoms in total. The SMILES string of the molecule is C[C@H](Oc1cccc(-c2cccc3c2CCNC3)c1)C(N)=O. The monoisotopic (exact) mass is 296 g/mol. The first-order valence-electron chi connectivity index (χ1n) is 7.53. The third-order valence-corrected chi connectivity index (χ3v) is 4.00. The molecular formula is C18H20N2O2. The summed E-state index contributed by atoms with van der Waals surface area (Å²) in [6.07, 6.45) is 0.387. The first-order valence-corrected chi connectivity index (χ1v) is 7.53. The zero-order chi connectivity index (χ0) is 15.5. The van der Waals surface area contributed by atoms with Gasteiger partial charge in [-0.15, -0.1) is 0 Å². The van der Waals surface area contributed by atoms with E-state index < -0.39 is 12.0 Å². The first-order chi connectivity index (χ1) is 10.6. The number of carbonyl (C=O) groups excluding carboxylic acids is 1. The summed E-state index contributed by atoms with van der Waals surface area (Å²) in [6, 6.07) is 14.2. The number of nitrogens with two attached hydrogens (primary N) is 1. The lowest BCUT2D eigenvalue weighted by molar-refractivity contribution is -0.123. The molecular weight excluding hydrogens is 276 g/mol. The zero-order valence-electron chi connectivity index (χ0n) is 12.6. The molecule has 0 spiro atoms. The number of amides is 1. The topological polar surface area (TPSA) is 64.3 Å². The van der Waals surface area contributed by atoms with Crippen LogP contribution in [0.2, 0.25) is 0 Å². The Labute approximate surface area is 130 Å². The molecule has 22 heavy (non-hydrogen) atoms. The predicted octanol–water partition coefficient (Wildman–Crippen LogP) is 2.25. The number of fused-ring (bicyclic) bond motifs is 1. The fourth-order valence-electron chi connectivity index (χ4n) is 2.80. The van der Waals surface area contributed by atoms with Crippen LogP contribution in [0, 0.1) is 0 Å². The summed E-state index contributed by atoms with van der Waals surface area (Å²) in [5.74, 6) is 0.198. The van der Waals surface area contributed by atoms with Crippen molar-refractivity contribution in [3.05, 3.63) is 53.6 Å². The summed E-state index contributed by atoms with van der Waals surface area (Å²) in [7, 11) is 0. The Balaban J connectivity index is 1.94. The molecule has 0 aliphatic carbocycles. The fourth-order valence-corrected chi connectivity index (χ4v) is 2.80. The van der Waals surface area contributed by atoms with Crippen LogP contribution in [0.4, 0.5) is 0 Å². The van der Waals surface area contributed by atoms with Crippen molar-refractivity contribution in [2.45, 2.75) is 26.0 Å². The van der Waals surface area contributed by atoms with Crippen molar-refractivity contribution in [3.63, 3.8) is 0 Å². The molecule has 0 saturated carbocycles. The van der Waals surface area contributed by atoms with Gasteiger partial charge in [-0.1, -0.05) is 30.3 Å². The van der Waals surface area contributed by atoms with E-state index in [2.05, 4.69) is 29.6 Å².